The van der Waals surface area contributed by atoms with Gasteiger partial charge in [0.15, 0.2) is 0 Å². The van der Waals surface area contributed by atoms with Crippen molar-refractivity contribution in [1.82, 2.24) is 25.2 Å². The van der Waals surface area contributed by atoms with Gasteiger partial charge in [-0.15, -0.1) is 0 Å². The normalized spacial score (nSPS) is 11.4. The summed E-state index contributed by atoms with van der Waals surface area (Å²) in [6, 6.07) is 7.75. The molecule has 2 aromatic heterocycles. The first-order chi connectivity index (χ1) is 14.6. The van der Waals surface area contributed by atoms with Gasteiger partial charge >= 0.3 is 0 Å². The molecule has 3 aromatic rings. The highest BCUT2D eigenvalue weighted by Gasteiger charge is 2.03. The van der Waals surface area contributed by atoms with Crippen LogP contribution in [0.5, 0.6) is 0 Å². The molecule has 0 unspecified atom stereocenters. The van der Waals surface area contributed by atoms with Gasteiger partial charge in [0.25, 0.3) is 0 Å². The topological polar surface area (TPSA) is 85.9 Å². The quantitative estimate of drug-likeness (QED) is 0.322. The number of nitrogens with one attached hydrogen (secondary N) is 3. The van der Waals surface area contributed by atoms with E-state index in [0.717, 1.165) is 54.8 Å². The van der Waals surface area contributed by atoms with Crippen molar-refractivity contribution in [3.8, 4) is 0 Å². The summed E-state index contributed by atoms with van der Waals surface area (Å²) in [6.07, 6.45) is 10.2. The van der Waals surface area contributed by atoms with E-state index in [0.29, 0.717) is 11.6 Å². The van der Waals surface area contributed by atoms with Gasteiger partial charge in [-0.3, -0.25) is 9.78 Å². The third-order valence-electron chi connectivity index (χ3n) is 4.69. The second-order valence-corrected chi connectivity index (χ2v) is 7.52. The number of carbonyl (C=O) groups is 1. The van der Waals surface area contributed by atoms with E-state index in [1.54, 1.807) is 24.8 Å². The number of imidazole rings is 1. The van der Waals surface area contributed by atoms with E-state index in [4.69, 9.17) is 11.6 Å². The van der Waals surface area contributed by atoms with Crippen molar-refractivity contribution in [1.29, 1.82) is 0 Å². The summed E-state index contributed by atoms with van der Waals surface area (Å²) in [4.78, 5) is 25.2. The number of H-pyrrole nitrogens is 1. The van der Waals surface area contributed by atoms with Gasteiger partial charge in [0.05, 0.1) is 23.7 Å². The molecule has 0 bridgehead atoms. The predicted octanol–water partition coefficient (Wildman–Crippen LogP) is 3.56. The van der Waals surface area contributed by atoms with Crippen molar-refractivity contribution >= 4 is 40.2 Å². The maximum absolute atomic E-state index is 11.8. The Balaban J connectivity index is 1.29. The third kappa shape index (κ3) is 6.86. The fraction of sp³-hybridized carbons (Fsp3) is 0.318. The molecule has 1 aromatic carbocycles. The number of pyridine rings is 1. The van der Waals surface area contributed by atoms with Crippen LogP contribution in [0.3, 0.4) is 0 Å². The Hall–Kier alpha value is -2.90. The Morgan fingerprint density at radius 3 is 2.87 bits per heavy atom. The highest BCUT2D eigenvalue weighted by molar-refractivity contribution is 6.31. The van der Waals surface area contributed by atoms with E-state index in [-0.39, 0.29) is 5.91 Å². The molecule has 0 saturated heterocycles. The summed E-state index contributed by atoms with van der Waals surface area (Å²) in [7, 11) is 2.10. The number of aromatic nitrogens is 3. The van der Waals surface area contributed by atoms with Crippen molar-refractivity contribution in [2.24, 2.45) is 0 Å². The van der Waals surface area contributed by atoms with E-state index in [9.17, 15) is 4.79 Å². The van der Waals surface area contributed by atoms with Crippen LogP contribution in [0.25, 0.3) is 17.0 Å². The molecule has 0 fully saturated rings. The molecule has 0 aliphatic heterocycles. The molecule has 158 valence electrons. The molecule has 0 aliphatic rings. The summed E-state index contributed by atoms with van der Waals surface area (Å²) in [6.45, 7) is 3.44. The van der Waals surface area contributed by atoms with E-state index < -0.39 is 0 Å². The number of aromatic amines is 1. The standard InChI is InChI=1S/C22H27ClN6O/c1-29(13-3-10-27-22(30)7-5-18-15-24-16-28-18)12-2-9-25-20-8-11-26-21-14-17(23)4-6-19(20)21/h4-8,11,14-16H,2-3,9-10,12-13H2,1H3,(H,24,28)(H,25,26)(H,27,30)/b7-5+. The molecule has 2 heterocycles. The SMILES string of the molecule is CN(CCCNC(=O)/C=C/c1cnc[nH]1)CCCNc1ccnc2cc(Cl)ccc12. The minimum Gasteiger partial charge on any atom is -0.384 e. The second-order valence-electron chi connectivity index (χ2n) is 7.09. The summed E-state index contributed by atoms with van der Waals surface area (Å²) in [5, 5.41) is 8.15. The number of rotatable bonds is 11. The zero-order valence-electron chi connectivity index (χ0n) is 17.1. The molecule has 0 atom stereocenters. The lowest BCUT2D eigenvalue weighted by molar-refractivity contribution is -0.116. The number of nitrogens with zero attached hydrogens (tertiary/aromatic N) is 3. The Morgan fingerprint density at radius 2 is 2.07 bits per heavy atom. The molecule has 30 heavy (non-hydrogen) atoms. The fourth-order valence-corrected chi connectivity index (χ4v) is 3.27. The number of hydrogen-bond donors (Lipinski definition) is 3. The van der Waals surface area contributed by atoms with Crippen LogP contribution in [0.15, 0.2) is 49.1 Å². The lowest BCUT2D eigenvalue weighted by Gasteiger charge is -2.17. The number of anilines is 1. The van der Waals surface area contributed by atoms with Crippen LogP contribution >= 0.6 is 11.6 Å². The number of carbonyl (C=O) groups excluding carboxylic acids is 1. The zero-order valence-corrected chi connectivity index (χ0v) is 17.8. The van der Waals surface area contributed by atoms with Crippen LogP contribution in [-0.4, -0.2) is 59.0 Å². The Kier molecular flexibility index (Phi) is 8.23. The molecule has 0 spiro atoms. The summed E-state index contributed by atoms with van der Waals surface area (Å²) in [5.74, 6) is -0.0951. The monoisotopic (exact) mass is 426 g/mol. The molecule has 0 aliphatic carbocycles. The Morgan fingerprint density at radius 1 is 1.23 bits per heavy atom. The van der Waals surface area contributed by atoms with Gasteiger partial charge in [-0.05, 0) is 63.3 Å². The van der Waals surface area contributed by atoms with Crippen LogP contribution in [0.1, 0.15) is 18.5 Å². The lowest BCUT2D eigenvalue weighted by Crippen LogP contribution is -2.28. The van der Waals surface area contributed by atoms with Crippen LogP contribution in [0, 0.1) is 0 Å². The van der Waals surface area contributed by atoms with Gasteiger partial charge in [0, 0.05) is 41.5 Å². The number of hydrogen-bond acceptors (Lipinski definition) is 5. The van der Waals surface area contributed by atoms with Crippen molar-refractivity contribution in [2.75, 3.05) is 38.5 Å². The van der Waals surface area contributed by atoms with Crippen molar-refractivity contribution in [2.45, 2.75) is 12.8 Å². The maximum Gasteiger partial charge on any atom is 0.244 e. The second kappa shape index (κ2) is 11.3. The van der Waals surface area contributed by atoms with Gasteiger partial charge in [0.1, 0.15) is 0 Å². The van der Waals surface area contributed by atoms with Crippen LogP contribution in [0.2, 0.25) is 5.02 Å². The minimum atomic E-state index is -0.0951. The van der Waals surface area contributed by atoms with Crippen LogP contribution in [0.4, 0.5) is 5.69 Å². The number of benzene rings is 1. The maximum atomic E-state index is 11.8. The number of fused-ring (bicyclic) bond motifs is 1. The molecule has 8 heteroatoms. The smallest absolute Gasteiger partial charge is 0.244 e. The van der Waals surface area contributed by atoms with Gasteiger partial charge < -0.3 is 20.5 Å². The minimum absolute atomic E-state index is 0.0951. The lowest BCUT2D eigenvalue weighted by atomic mass is 10.2. The number of amides is 1. The molecule has 3 rings (SSSR count). The third-order valence-corrected chi connectivity index (χ3v) is 4.92. The van der Waals surface area contributed by atoms with Crippen LogP contribution < -0.4 is 10.6 Å². The van der Waals surface area contributed by atoms with Gasteiger partial charge in [-0.1, -0.05) is 11.6 Å². The molecule has 0 radical (unpaired) electrons. The molecular formula is C22H27ClN6O. The number of halogens is 1. The first-order valence-electron chi connectivity index (χ1n) is 10.0. The highest BCUT2D eigenvalue weighted by atomic mass is 35.5. The molecule has 0 saturated carbocycles. The van der Waals surface area contributed by atoms with E-state index >= 15 is 0 Å². The largest absolute Gasteiger partial charge is 0.384 e. The summed E-state index contributed by atoms with van der Waals surface area (Å²) < 4.78 is 0. The first-order valence-corrected chi connectivity index (χ1v) is 10.4. The summed E-state index contributed by atoms with van der Waals surface area (Å²) in [5.41, 5.74) is 2.78. The van der Waals surface area contributed by atoms with Gasteiger partial charge in [0.2, 0.25) is 5.91 Å². The van der Waals surface area contributed by atoms with E-state index in [1.165, 1.54) is 6.08 Å². The zero-order chi connectivity index (χ0) is 21.2. The Labute approximate surface area is 181 Å². The fourth-order valence-electron chi connectivity index (χ4n) is 3.10. The predicted molar refractivity (Wildman–Crippen MR) is 123 cm³/mol. The molecular weight excluding hydrogens is 400 g/mol. The average Bonchev–Trinajstić information content (AvgIpc) is 3.26. The Bertz CT molecular complexity index is 973. The van der Waals surface area contributed by atoms with Gasteiger partial charge in [-0.2, -0.15) is 0 Å². The van der Waals surface area contributed by atoms with E-state index in [1.807, 2.05) is 24.3 Å². The van der Waals surface area contributed by atoms with Crippen molar-refractivity contribution < 1.29 is 4.79 Å². The first kappa shape index (κ1) is 21.8. The molecule has 7 nitrogen and oxygen atoms in total. The van der Waals surface area contributed by atoms with E-state index in [2.05, 4.69) is 37.5 Å². The van der Waals surface area contributed by atoms with Crippen molar-refractivity contribution in [3.05, 3.63) is 59.8 Å². The highest BCUT2D eigenvalue weighted by Crippen LogP contribution is 2.24. The van der Waals surface area contributed by atoms with Crippen molar-refractivity contribution in [3.63, 3.8) is 0 Å². The average molecular weight is 427 g/mol. The molecule has 1 amide bonds. The van der Waals surface area contributed by atoms with Crippen LogP contribution in [-0.2, 0) is 4.79 Å². The molecule has 3 N–H and O–H groups in total. The summed E-state index contributed by atoms with van der Waals surface area (Å²) >= 11 is 6.04. The van der Waals surface area contributed by atoms with Gasteiger partial charge in [-0.25, -0.2) is 4.98 Å².